The number of carbonyl (C=O) groups is 2. The molecule has 0 saturated carbocycles. The van der Waals surface area contributed by atoms with Gasteiger partial charge in [-0.25, -0.2) is 0 Å². The molecular formula is C31H32Cl2F3N3O4. The molecule has 0 aliphatic carbocycles. The van der Waals surface area contributed by atoms with E-state index in [-0.39, 0.29) is 41.7 Å². The smallest absolute Gasteiger partial charge is 0.406 e. The number of rotatable bonds is 10. The Labute approximate surface area is 258 Å². The molecule has 0 spiro atoms. The lowest BCUT2D eigenvalue weighted by Crippen LogP contribution is -2.43. The van der Waals surface area contributed by atoms with E-state index in [4.69, 9.17) is 32.7 Å². The fraction of sp³-hybridized carbons (Fsp3) is 0.355. The van der Waals surface area contributed by atoms with Crippen molar-refractivity contribution in [2.24, 2.45) is 0 Å². The zero-order chi connectivity index (χ0) is 31.7. The summed E-state index contributed by atoms with van der Waals surface area (Å²) in [5.74, 6) is -0.0701. The first-order valence-corrected chi connectivity index (χ1v) is 14.1. The average molecular weight is 639 g/mol. The van der Waals surface area contributed by atoms with Crippen molar-refractivity contribution in [3.05, 3.63) is 86.9 Å². The predicted octanol–water partition coefficient (Wildman–Crippen LogP) is 6.43. The molecule has 230 valence electrons. The summed E-state index contributed by atoms with van der Waals surface area (Å²) in [6.45, 7) is 0.481. The Kier molecular flexibility index (Phi) is 9.54. The number of ether oxygens (including phenoxy) is 2. The van der Waals surface area contributed by atoms with Crippen LogP contribution in [0.15, 0.2) is 54.6 Å². The third-order valence-electron chi connectivity index (χ3n) is 7.51. The van der Waals surface area contributed by atoms with Crippen molar-refractivity contribution in [1.82, 2.24) is 9.80 Å². The number of benzene rings is 3. The van der Waals surface area contributed by atoms with E-state index >= 15 is 0 Å². The van der Waals surface area contributed by atoms with Gasteiger partial charge < -0.3 is 24.2 Å². The SMILES string of the molecule is COc1ccc(CN2C(=O)C(C)(c3cc(C(=O)N(CCN(C)C)CC(F)(F)F)ccc3Cl)c3cc(Cl)ccc32)c(OC)c1. The van der Waals surface area contributed by atoms with Gasteiger partial charge in [-0.15, -0.1) is 0 Å². The molecule has 2 amide bonds. The first-order chi connectivity index (χ1) is 20.2. The van der Waals surface area contributed by atoms with Crippen molar-refractivity contribution < 1.29 is 32.2 Å². The van der Waals surface area contributed by atoms with E-state index in [1.165, 1.54) is 32.4 Å². The summed E-state index contributed by atoms with van der Waals surface area (Å²) >= 11 is 13.1. The number of amides is 2. The molecule has 7 nitrogen and oxygen atoms in total. The van der Waals surface area contributed by atoms with Crippen LogP contribution in [0.4, 0.5) is 18.9 Å². The van der Waals surface area contributed by atoms with E-state index in [0.717, 1.165) is 4.90 Å². The van der Waals surface area contributed by atoms with E-state index in [2.05, 4.69) is 0 Å². The molecular weight excluding hydrogens is 606 g/mol. The molecule has 3 aromatic rings. The van der Waals surface area contributed by atoms with Gasteiger partial charge in [-0.3, -0.25) is 9.59 Å². The van der Waals surface area contributed by atoms with Crippen LogP contribution < -0.4 is 14.4 Å². The molecule has 43 heavy (non-hydrogen) atoms. The lowest BCUT2D eigenvalue weighted by Gasteiger charge is -2.28. The zero-order valence-corrected chi connectivity index (χ0v) is 25.9. The van der Waals surface area contributed by atoms with Crippen LogP contribution in [0.1, 0.15) is 34.0 Å². The molecule has 1 atom stereocenters. The summed E-state index contributed by atoms with van der Waals surface area (Å²) in [4.78, 5) is 31.8. The van der Waals surface area contributed by atoms with E-state index in [1.807, 2.05) is 0 Å². The molecule has 0 N–H and O–H groups in total. The Morgan fingerprint density at radius 2 is 1.67 bits per heavy atom. The predicted molar refractivity (Wildman–Crippen MR) is 161 cm³/mol. The van der Waals surface area contributed by atoms with Gasteiger partial charge in [0.2, 0.25) is 5.91 Å². The largest absolute Gasteiger partial charge is 0.497 e. The standard InChI is InChI=1S/C31H32Cl2F3N3O4/c1-30(23-14-19(7-10-25(23)33)28(40)38(13-12-37(2)3)18-31(34,35)36)24-15-21(32)8-11-26(24)39(29(30)41)17-20-6-9-22(42-4)16-27(20)43-5/h6-11,14-16H,12-13,17-18H2,1-5H3. The minimum Gasteiger partial charge on any atom is -0.497 e. The van der Waals surface area contributed by atoms with Crippen LogP contribution in [-0.2, 0) is 16.8 Å². The van der Waals surface area contributed by atoms with Crippen molar-refractivity contribution in [3.63, 3.8) is 0 Å². The first-order valence-electron chi connectivity index (χ1n) is 13.3. The summed E-state index contributed by atoms with van der Waals surface area (Å²) in [7, 11) is 6.47. The number of nitrogens with zero attached hydrogens (tertiary/aromatic N) is 3. The highest BCUT2D eigenvalue weighted by Crippen LogP contribution is 2.49. The maximum Gasteiger partial charge on any atom is 0.406 e. The third kappa shape index (κ3) is 6.71. The van der Waals surface area contributed by atoms with Crippen molar-refractivity contribution in [2.45, 2.75) is 25.1 Å². The number of likely N-dealkylation sites (N-methyl/N-ethyl adjacent to an activating group) is 1. The van der Waals surface area contributed by atoms with Crippen LogP contribution in [0.2, 0.25) is 10.0 Å². The number of hydrogen-bond donors (Lipinski definition) is 0. The fourth-order valence-electron chi connectivity index (χ4n) is 5.22. The molecule has 1 aliphatic rings. The van der Waals surface area contributed by atoms with Gasteiger partial charge in [0, 0.05) is 46.0 Å². The maximum atomic E-state index is 14.4. The van der Waals surface area contributed by atoms with Crippen LogP contribution in [-0.4, -0.2) is 75.7 Å². The minimum atomic E-state index is -4.59. The second-order valence-electron chi connectivity index (χ2n) is 10.7. The van der Waals surface area contributed by atoms with Crippen molar-refractivity contribution in [2.75, 3.05) is 52.8 Å². The third-order valence-corrected chi connectivity index (χ3v) is 8.07. The molecule has 4 rings (SSSR count). The number of hydrogen-bond acceptors (Lipinski definition) is 5. The lowest BCUT2D eigenvalue weighted by atomic mass is 9.76. The van der Waals surface area contributed by atoms with E-state index < -0.39 is 24.0 Å². The maximum absolute atomic E-state index is 14.4. The molecule has 3 aromatic carbocycles. The molecule has 0 saturated heterocycles. The number of carbonyl (C=O) groups excluding carboxylic acids is 2. The molecule has 0 bridgehead atoms. The Hall–Kier alpha value is -3.47. The van der Waals surface area contributed by atoms with Crippen LogP contribution in [0, 0.1) is 0 Å². The van der Waals surface area contributed by atoms with Crippen molar-refractivity contribution in [1.29, 1.82) is 0 Å². The lowest BCUT2D eigenvalue weighted by molar-refractivity contribution is -0.141. The number of halogens is 5. The normalized spacial score (nSPS) is 16.4. The molecule has 0 radical (unpaired) electrons. The van der Waals surface area contributed by atoms with Crippen LogP contribution >= 0.6 is 23.2 Å². The summed E-state index contributed by atoms with van der Waals surface area (Å²) in [6, 6.07) is 14.5. The average Bonchev–Trinajstić information content (AvgIpc) is 3.16. The Morgan fingerprint density at radius 3 is 2.30 bits per heavy atom. The summed E-state index contributed by atoms with van der Waals surface area (Å²) in [5, 5.41) is 0.558. The van der Waals surface area contributed by atoms with Gasteiger partial charge in [0.1, 0.15) is 23.5 Å². The van der Waals surface area contributed by atoms with Crippen molar-refractivity contribution >= 4 is 40.7 Å². The zero-order valence-electron chi connectivity index (χ0n) is 24.4. The summed E-state index contributed by atoms with van der Waals surface area (Å²) in [5.41, 5.74) is 0.676. The quantitative estimate of drug-likeness (QED) is 0.256. The highest BCUT2D eigenvalue weighted by molar-refractivity contribution is 6.33. The van der Waals surface area contributed by atoms with E-state index in [0.29, 0.717) is 33.3 Å². The second-order valence-corrected chi connectivity index (χ2v) is 11.5. The molecule has 1 aliphatic heterocycles. The van der Waals surface area contributed by atoms with Gasteiger partial charge in [0.15, 0.2) is 0 Å². The monoisotopic (exact) mass is 637 g/mol. The summed E-state index contributed by atoms with van der Waals surface area (Å²) < 4.78 is 51.1. The van der Waals surface area contributed by atoms with E-state index in [1.54, 1.807) is 67.2 Å². The highest BCUT2D eigenvalue weighted by Gasteiger charge is 2.50. The van der Waals surface area contributed by atoms with Crippen LogP contribution in [0.5, 0.6) is 11.5 Å². The van der Waals surface area contributed by atoms with Gasteiger partial charge in [-0.2, -0.15) is 13.2 Å². The molecule has 0 fully saturated rings. The van der Waals surface area contributed by atoms with Gasteiger partial charge >= 0.3 is 6.18 Å². The van der Waals surface area contributed by atoms with Crippen LogP contribution in [0.25, 0.3) is 0 Å². The number of alkyl halides is 3. The molecule has 1 heterocycles. The van der Waals surface area contributed by atoms with Gasteiger partial charge in [-0.05, 0) is 80.7 Å². The van der Waals surface area contributed by atoms with Gasteiger partial charge in [0.05, 0.1) is 20.8 Å². The molecule has 0 aromatic heterocycles. The van der Waals surface area contributed by atoms with Gasteiger partial charge in [-0.1, -0.05) is 23.2 Å². The van der Waals surface area contributed by atoms with Crippen molar-refractivity contribution in [3.8, 4) is 11.5 Å². The Morgan fingerprint density at radius 1 is 0.953 bits per heavy atom. The summed E-state index contributed by atoms with van der Waals surface area (Å²) in [6.07, 6.45) is -4.59. The fourth-order valence-corrected chi connectivity index (χ4v) is 5.70. The Balaban J connectivity index is 1.79. The van der Waals surface area contributed by atoms with Crippen LogP contribution in [0.3, 0.4) is 0 Å². The Bertz CT molecular complexity index is 1530. The number of methoxy groups -OCH3 is 2. The van der Waals surface area contributed by atoms with Gasteiger partial charge in [0.25, 0.3) is 5.91 Å². The topological polar surface area (TPSA) is 62.3 Å². The second kappa shape index (κ2) is 12.6. The first kappa shape index (κ1) is 32.4. The molecule has 12 heteroatoms. The highest BCUT2D eigenvalue weighted by atomic mass is 35.5. The number of anilines is 1. The number of fused-ring (bicyclic) bond motifs is 1. The molecule has 1 unspecified atom stereocenters. The minimum absolute atomic E-state index is 0.0183. The van der Waals surface area contributed by atoms with E-state index in [9.17, 15) is 22.8 Å².